The zero-order chi connectivity index (χ0) is 22.2. The summed E-state index contributed by atoms with van der Waals surface area (Å²) in [6.07, 6.45) is 3.08. The lowest BCUT2D eigenvalue weighted by Crippen LogP contribution is -2.20. The summed E-state index contributed by atoms with van der Waals surface area (Å²) in [6, 6.07) is 19.0. The predicted molar refractivity (Wildman–Crippen MR) is 123 cm³/mol. The van der Waals surface area contributed by atoms with Crippen LogP contribution in [0.3, 0.4) is 0 Å². The second-order valence-electron chi connectivity index (χ2n) is 6.44. The van der Waals surface area contributed by atoms with Crippen molar-refractivity contribution in [2.75, 3.05) is 19.0 Å². The van der Waals surface area contributed by atoms with Gasteiger partial charge in [0.1, 0.15) is 0 Å². The van der Waals surface area contributed by atoms with Crippen LogP contribution in [0, 0.1) is 0 Å². The number of nitrogens with one attached hydrogen (secondary N) is 1. The van der Waals surface area contributed by atoms with E-state index in [-0.39, 0.29) is 18.3 Å². The minimum Gasteiger partial charge on any atom is -0.493 e. The maximum atomic E-state index is 12.3. The highest BCUT2D eigenvalue weighted by Crippen LogP contribution is 2.29. The van der Waals surface area contributed by atoms with E-state index in [2.05, 4.69) is 5.32 Å². The van der Waals surface area contributed by atoms with Crippen molar-refractivity contribution in [2.45, 2.75) is 0 Å². The van der Waals surface area contributed by atoms with Crippen LogP contribution in [0.25, 0.3) is 6.08 Å². The van der Waals surface area contributed by atoms with Crippen LogP contribution in [0.2, 0.25) is 10.0 Å². The summed E-state index contributed by atoms with van der Waals surface area (Å²) >= 11 is 11.8. The molecule has 0 saturated carbocycles. The lowest BCUT2D eigenvalue weighted by Gasteiger charge is -2.11. The minimum atomic E-state index is -0.288. The van der Waals surface area contributed by atoms with E-state index in [1.165, 1.54) is 19.3 Å². The zero-order valence-electron chi connectivity index (χ0n) is 16.6. The zero-order valence-corrected chi connectivity index (χ0v) is 18.1. The van der Waals surface area contributed by atoms with Crippen LogP contribution in [-0.4, -0.2) is 25.4 Å². The van der Waals surface area contributed by atoms with Crippen LogP contribution >= 0.6 is 23.2 Å². The Morgan fingerprint density at radius 1 is 0.935 bits per heavy atom. The predicted octanol–water partition coefficient (Wildman–Crippen LogP) is 5.92. The molecule has 0 radical (unpaired) electrons. The number of carbonyl (C=O) groups excluding carboxylic acids is 2. The van der Waals surface area contributed by atoms with Gasteiger partial charge in [0.25, 0.3) is 5.91 Å². The first-order valence-electron chi connectivity index (χ1n) is 9.29. The Hall–Kier alpha value is -3.28. The SMILES string of the molecule is COc1cc(/C=C/C(=O)c2ccc(Cl)c(Cl)c2)ccc1OCC(=O)Nc1ccccc1. The van der Waals surface area contributed by atoms with Crippen molar-refractivity contribution in [1.29, 1.82) is 0 Å². The van der Waals surface area contributed by atoms with Crippen molar-refractivity contribution in [3.8, 4) is 11.5 Å². The van der Waals surface area contributed by atoms with E-state index in [9.17, 15) is 9.59 Å². The van der Waals surface area contributed by atoms with Gasteiger partial charge in [0, 0.05) is 11.3 Å². The molecular formula is C24H19Cl2NO4. The van der Waals surface area contributed by atoms with Crippen LogP contribution in [0.1, 0.15) is 15.9 Å². The Bertz CT molecular complexity index is 1110. The van der Waals surface area contributed by atoms with Gasteiger partial charge in [-0.05, 0) is 54.1 Å². The highest BCUT2D eigenvalue weighted by Gasteiger charge is 2.09. The summed E-state index contributed by atoms with van der Waals surface area (Å²) in [4.78, 5) is 24.4. The molecule has 3 rings (SSSR count). The molecule has 0 aliphatic carbocycles. The number of ether oxygens (including phenoxy) is 2. The topological polar surface area (TPSA) is 64.6 Å². The highest BCUT2D eigenvalue weighted by atomic mass is 35.5. The quantitative estimate of drug-likeness (QED) is 0.338. The van der Waals surface area contributed by atoms with Gasteiger partial charge in [0.05, 0.1) is 17.2 Å². The van der Waals surface area contributed by atoms with Gasteiger partial charge < -0.3 is 14.8 Å². The van der Waals surface area contributed by atoms with Gasteiger partial charge in [-0.2, -0.15) is 0 Å². The lowest BCUT2D eigenvalue weighted by atomic mass is 10.1. The average Bonchev–Trinajstić information content (AvgIpc) is 2.78. The molecule has 0 heterocycles. The first kappa shape index (κ1) is 22.4. The summed E-state index contributed by atoms with van der Waals surface area (Å²) in [7, 11) is 1.50. The van der Waals surface area contributed by atoms with E-state index >= 15 is 0 Å². The summed E-state index contributed by atoms with van der Waals surface area (Å²) in [5, 5.41) is 3.45. The first-order valence-corrected chi connectivity index (χ1v) is 10.0. The molecule has 3 aromatic carbocycles. The van der Waals surface area contributed by atoms with Crippen LogP contribution in [0.5, 0.6) is 11.5 Å². The third-order valence-electron chi connectivity index (χ3n) is 4.24. The lowest BCUT2D eigenvalue weighted by molar-refractivity contribution is -0.118. The minimum absolute atomic E-state index is 0.170. The number of benzene rings is 3. The van der Waals surface area contributed by atoms with Gasteiger partial charge in [0.2, 0.25) is 0 Å². The van der Waals surface area contributed by atoms with E-state index in [4.69, 9.17) is 32.7 Å². The molecule has 0 unspecified atom stereocenters. The van der Waals surface area contributed by atoms with E-state index in [0.29, 0.717) is 32.8 Å². The van der Waals surface area contributed by atoms with Gasteiger partial charge in [-0.25, -0.2) is 0 Å². The summed E-state index contributed by atoms with van der Waals surface area (Å²) < 4.78 is 10.9. The molecule has 0 saturated heterocycles. The molecule has 1 amide bonds. The van der Waals surface area contributed by atoms with Crippen LogP contribution in [0.15, 0.2) is 72.8 Å². The Morgan fingerprint density at radius 2 is 1.71 bits per heavy atom. The van der Waals surface area contributed by atoms with Crippen molar-refractivity contribution in [3.05, 3.63) is 94.0 Å². The van der Waals surface area contributed by atoms with Gasteiger partial charge in [-0.1, -0.05) is 53.5 Å². The van der Waals surface area contributed by atoms with Crippen molar-refractivity contribution >= 4 is 46.7 Å². The van der Waals surface area contributed by atoms with E-state index in [0.717, 1.165) is 5.56 Å². The van der Waals surface area contributed by atoms with Crippen LogP contribution < -0.4 is 14.8 Å². The maximum absolute atomic E-state index is 12.3. The fourth-order valence-electron chi connectivity index (χ4n) is 2.69. The number of allylic oxidation sites excluding steroid dienone is 1. The molecule has 0 aliphatic heterocycles. The molecule has 0 bridgehead atoms. The normalized spacial score (nSPS) is 10.7. The molecule has 0 spiro atoms. The molecular weight excluding hydrogens is 437 g/mol. The van der Waals surface area contributed by atoms with Crippen LogP contribution in [0.4, 0.5) is 5.69 Å². The Labute approximate surface area is 190 Å². The Morgan fingerprint density at radius 3 is 2.42 bits per heavy atom. The largest absolute Gasteiger partial charge is 0.493 e. The van der Waals surface area contributed by atoms with E-state index in [1.54, 1.807) is 48.5 Å². The fourth-order valence-corrected chi connectivity index (χ4v) is 2.98. The third-order valence-corrected chi connectivity index (χ3v) is 4.97. The van der Waals surface area contributed by atoms with Gasteiger partial charge >= 0.3 is 0 Å². The Balaban J connectivity index is 1.63. The monoisotopic (exact) mass is 455 g/mol. The summed E-state index contributed by atoms with van der Waals surface area (Å²) in [6.45, 7) is -0.170. The van der Waals surface area contributed by atoms with Crippen LogP contribution in [-0.2, 0) is 4.79 Å². The standard InChI is InChI=1S/C24H19Cl2NO4/c1-30-23-13-16(7-11-21(28)17-9-10-19(25)20(26)14-17)8-12-22(23)31-15-24(29)27-18-5-3-2-4-6-18/h2-14H,15H2,1H3,(H,27,29)/b11-7+. The maximum Gasteiger partial charge on any atom is 0.262 e. The number of para-hydroxylation sites is 1. The fraction of sp³-hybridized carbons (Fsp3) is 0.0833. The number of carbonyl (C=O) groups is 2. The second kappa shape index (κ2) is 10.7. The van der Waals surface area contributed by atoms with Gasteiger partial charge in [0.15, 0.2) is 23.9 Å². The van der Waals surface area contributed by atoms with E-state index < -0.39 is 0 Å². The smallest absolute Gasteiger partial charge is 0.262 e. The first-order chi connectivity index (χ1) is 15.0. The molecule has 0 aliphatic rings. The van der Waals surface area contributed by atoms with Crippen molar-refractivity contribution < 1.29 is 19.1 Å². The molecule has 7 heteroatoms. The van der Waals surface area contributed by atoms with Crippen molar-refractivity contribution in [3.63, 3.8) is 0 Å². The number of methoxy groups -OCH3 is 1. The van der Waals surface area contributed by atoms with Crippen molar-refractivity contribution in [2.24, 2.45) is 0 Å². The number of hydrogen-bond acceptors (Lipinski definition) is 4. The summed E-state index contributed by atoms with van der Waals surface area (Å²) in [5.74, 6) is 0.357. The molecule has 0 fully saturated rings. The number of hydrogen-bond donors (Lipinski definition) is 1. The number of rotatable bonds is 8. The average molecular weight is 456 g/mol. The molecule has 0 aromatic heterocycles. The number of amides is 1. The molecule has 3 aromatic rings. The number of halogens is 2. The molecule has 0 atom stereocenters. The second-order valence-corrected chi connectivity index (χ2v) is 7.25. The van der Waals surface area contributed by atoms with Crippen molar-refractivity contribution in [1.82, 2.24) is 0 Å². The molecule has 1 N–H and O–H groups in total. The number of anilines is 1. The highest BCUT2D eigenvalue weighted by molar-refractivity contribution is 6.42. The molecule has 158 valence electrons. The Kier molecular flexibility index (Phi) is 7.70. The molecule has 31 heavy (non-hydrogen) atoms. The third kappa shape index (κ3) is 6.35. The molecule has 5 nitrogen and oxygen atoms in total. The summed E-state index contributed by atoms with van der Waals surface area (Å²) in [5.41, 5.74) is 1.85. The number of ketones is 1. The van der Waals surface area contributed by atoms with Gasteiger partial charge in [-0.15, -0.1) is 0 Å². The van der Waals surface area contributed by atoms with E-state index in [1.807, 2.05) is 18.2 Å². The van der Waals surface area contributed by atoms with Gasteiger partial charge in [-0.3, -0.25) is 9.59 Å².